The van der Waals surface area contributed by atoms with Crippen LogP contribution >= 0.6 is 11.3 Å². The predicted octanol–water partition coefficient (Wildman–Crippen LogP) is 2.90. The molecule has 1 aromatic rings. The molecule has 0 aliphatic carbocycles. The molecule has 7 nitrogen and oxygen atoms in total. The summed E-state index contributed by atoms with van der Waals surface area (Å²) in [6.45, 7) is 6.18. The molecule has 0 spiro atoms. The number of hydrogen-bond donors (Lipinski definition) is 1. The molecule has 0 radical (unpaired) electrons. The van der Waals surface area contributed by atoms with E-state index in [0.29, 0.717) is 13.0 Å². The number of nitrogens with one attached hydrogen (secondary N) is 1. The molecule has 1 atom stereocenters. The molecule has 0 aliphatic heterocycles. The van der Waals surface area contributed by atoms with Gasteiger partial charge in [0.2, 0.25) is 0 Å². The molecule has 1 rings (SSSR count). The van der Waals surface area contributed by atoms with Crippen molar-refractivity contribution in [2.24, 2.45) is 0 Å². The number of sulfonamides is 1. The van der Waals surface area contributed by atoms with Crippen molar-refractivity contribution >= 4 is 32.0 Å². The maximum atomic E-state index is 12.5. The zero-order valence-electron chi connectivity index (χ0n) is 12.6. The number of nitro groups is 1. The third-order valence-electron chi connectivity index (χ3n) is 3.27. The van der Waals surface area contributed by atoms with Gasteiger partial charge in [-0.1, -0.05) is 25.2 Å². The van der Waals surface area contributed by atoms with Crippen molar-refractivity contribution in [2.75, 3.05) is 18.9 Å². The summed E-state index contributed by atoms with van der Waals surface area (Å²) in [6, 6.07) is 0.972. The van der Waals surface area contributed by atoms with Crippen LogP contribution in [0.1, 0.15) is 33.6 Å². The van der Waals surface area contributed by atoms with E-state index in [2.05, 4.69) is 5.32 Å². The van der Waals surface area contributed by atoms with Crippen LogP contribution in [0.5, 0.6) is 0 Å². The topological polar surface area (TPSA) is 92.6 Å². The molecule has 0 aliphatic rings. The largest absolute Gasteiger partial charge is 0.371 e. The van der Waals surface area contributed by atoms with E-state index in [0.717, 1.165) is 23.8 Å². The van der Waals surface area contributed by atoms with Gasteiger partial charge in [-0.05, 0) is 19.8 Å². The highest BCUT2D eigenvalue weighted by molar-refractivity contribution is 7.91. The minimum absolute atomic E-state index is 0.00407. The molecule has 0 aromatic carbocycles. The van der Waals surface area contributed by atoms with Gasteiger partial charge in [0.15, 0.2) is 5.00 Å². The second-order valence-electron chi connectivity index (χ2n) is 4.74. The lowest BCUT2D eigenvalue weighted by molar-refractivity contribution is -0.383. The van der Waals surface area contributed by atoms with Gasteiger partial charge in [-0.2, -0.15) is 4.31 Å². The van der Waals surface area contributed by atoms with E-state index in [1.54, 1.807) is 6.92 Å². The Kier molecular flexibility index (Phi) is 6.11. The third-order valence-corrected chi connectivity index (χ3v) is 6.77. The van der Waals surface area contributed by atoms with Crippen molar-refractivity contribution in [2.45, 2.75) is 43.9 Å². The number of anilines is 1. The average molecular weight is 335 g/mol. The molecule has 1 N–H and O–H groups in total. The SMILES string of the molecule is CCCNc1sc(S(=O)(=O)N(C)C(C)CC)cc1[N+](=O)[O-]. The Bertz CT molecular complexity index is 598. The van der Waals surface area contributed by atoms with Gasteiger partial charge in [-0.25, -0.2) is 8.42 Å². The van der Waals surface area contributed by atoms with Gasteiger partial charge >= 0.3 is 5.69 Å². The lowest BCUT2D eigenvalue weighted by atomic mass is 10.3. The van der Waals surface area contributed by atoms with Crippen LogP contribution in [-0.4, -0.2) is 37.3 Å². The predicted molar refractivity (Wildman–Crippen MR) is 84.5 cm³/mol. The molecule has 0 saturated carbocycles. The minimum atomic E-state index is -3.70. The van der Waals surface area contributed by atoms with Crippen molar-refractivity contribution in [3.05, 3.63) is 16.2 Å². The quantitative estimate of drug-likeness (QED) is 0.582. The number of thiophene rings is 1. The van der Waals surface area contributed by atoms with E-state index in [-0.39, 0.29) is 20.9 Å². The van der Waals surface area contributed by atoms with Crippen molar-refractivity contribution in [1.29, 1.82) is 0 Å². The monoisotopic (exact) mass is 335 g/mol. The maximum absolute atomic E-state index is 12.5. The maximum Gasteiger partial charge on any atom is 0.304 e. The van der Waals surface area contributed by atoms with E-state index in [1.807, 2.05) is 13.8 Å². The van der Waals surface area contributed by atoms with Gasteiger partial charge in [0.05, 0.1) is 4.92 Å². The van der Waals surface area contributed by atoms with Gasteiger partial charge in [-0.3, -0.25) is 10.1 Å². The highest BCUT2D eigenvalue weighted by Gasteiger charge is 2.30. The van der Waals surface area contributed by atoms with E-state index in [1.165, 1.54) is 11.4 Å². The van der Waals surface area contributed by atoms with E-state index >= 15 is 0 Å². The first-order chi connectivity index (χ1) is 9.75. The van der Waals surface area contributed by atoms with E-state index in [9.17, 15) is 18.5 Å². The van der Waals surface area contributed by atoms with Crippen LogP contribution in [0.3, 0.4) is 0 Å². The fourth-order valence-electron chi connectivity index (χ4n) is 1.62. The Morgan fingerprint density at radius 2 is 2.10 bits per heavy atom. The summed E-state index contributed by atoms with van der Waals surface area (Å²) in [5.41, 5.74) is -0.190. The Labute approximate surface area is 129 Å². The van der Waals surface area contributed by atoms with Gasteiger partial charge in [0.25, 0.3) is 10.0 Å². The zero-order chi connectivity index (χ0) is 16.2. The van der Waals surface area contributed by atoms with E-state index in [4.69, 9.17) is 0 Å². The summed E-state index contributed by atoms with van der Waals surface area (Å²) in [4.78, 5) is 10.5. The van der Waals surface area contributed by atoms with Gasteiger partial charge in [0.1, 0.15) is 4.21 Å². The minimum Gasteiger partial charge on any atom is -0.371 e. The lowest BCUT2D eigenvalue weighted by Crippen LogP contribution is -2.34. The van der Waals surface area contributed by atoms with Crippen LogP contribution in [0, 0.1) is 10.1 Å². The van der Waals surface area contributed by atoms with Crippen LogP contribution in [0.25, 0.3) is 0 Å². The van der Waals surface area contributed by atoms with Crippen molar-refractivity contribution in [3.8, 4) is 0 Å². The highest BCUT2D eigenvalue weighted by Crippen LogP contribution is 2.38. The van der Waals surface area contributed by atoms with Gasteiger partial charge in [-0.15, -0.1) is 0 Å². The number of rotatable bonds is 8. The summed E-state index contributed by atoms with van der Waals surface area (Å²) in [5.74, 6) is 0. The van der Waals surface area contributed by atoms with Crippen molar-refractivity contribution < 1.29 is 13.3 Å². The number of nitrogens with zero attached hydrogens (tertiary/aromatic N) is 2. The summed E-state index contributed by atoms with van der Waals surface area (Å²) < 4.78 is 26.2. The Morgan fingerprint density at radius 3 is 2.57 bits per heavy atom. The zero-order valence-corrected chi connectivity index (χ0v) is 14.3. The van der Waals surface area contributed by atoms with Crippen LogP contribution in [-0.2, 0) is 10.0 Å². The molecule has 1 aromatic heterocycles. The van der Waals surface area contributed by atoms with Gasteiger partial charge in [0, 0.05) is 25.7 Å². The molecular weight excluding hydrogens is 314 g/mol. The summed E-state index contributed by atoms with van der Waals surface area (Å²) in [5, 5.41) is 14.3. The molecule has 21 heavy (non-hydrogen) atoms. The Morgan fingerprint density at radius 1 is 1.48 bits per heavy atom. The highest BCUT2D eigenvalue weighted by atomic mass is 32.2. The molecule has 1 unspecified atom stereocenters. The molecule has 120 valence electrons. The fourth-order valence-corrected chi connectivity index (χ4v) is 4.60. The molecule has 0 fully saturated rings. The number of hydrogen-bond acceptors (Lipinski definition) is 6. The molecule has 0 bridgehead atoms. The van der Waals surface area contributed by atoms with Crippen molar-refractivity contribution in [3.63, 3.8) is 0 Å². The Balaban J connectivity index is 3.21. The van der Waals surface area contributed by atoms with Gasteiger partial charge < -0.3 is 5.32 Å². The summed E-state index contributed by atoms with van der Waals surface area (Å²) >= 11 is 0.909. The standard InChI is InChI=1S/C12H21N3O4S2/c1-5-7-13-12-10(15(16)17)8-11(20-12)21(18,19)14(4)9(3)6-2/h8-9,13H,5-7H2,1-4H3. The molecule has 0 saturated heterocycles. The second kappa shape index (κ2) is 7.19. The molecular formula is C12H21N3O4S2. The molecule has 0 amide bonds. The fraction of sp³-hybridized carbons (Fsp3) is 0.667. The first kappa shape index (κ1) is 17.9. The van der Waals surface area contributed by atoms with Crippen molar-refractivity contribution in [1.82, 2.24) is 4.31 Å². The summed E-state index contributed by atoms with van der Waals surface area (Å²) in [7, 11) is -2.21. The molecule has 9 heteroatoms. The normalized spacial score (nSPS) is 13.4. The third kappa shape index (κ3) is 3.92. The average Bonchev–Trinajstić information content (AvgIpc) is 2.88. The Hall–Kier alpha value is -1.19. The van der Waals surface area contributed by atoms with E-state index < -0.39 is 14.9 Å². The molecule has 1 heterocycles. The smallest absolute Gasteiger partial charge is 0.304 e. The van der Waals surface area contributed by atoms with Crippen LogP contribution < -0.4 is 5.32 Å². The first-order valence-electron chi connectivity index (χ1n) is 6.75. The van der Waals surface area contributed by atoms with Crippen LogP contribution in [0.4, 0.5) is 10.7 Å². The van der Waals surface area contributed by atoms with Crippen LogP contribution in [0.15, 0.2) is 10.3 Å². The summed E-state index contributed by atoms with van der Waals surface area (Å²) in [6.07, 6.45) is 1.47. The first-order valence-corrected chi connectivity index (χ1v) is 9.01. The lowest BCUT2D eigenvalue weighted by Gasteiger charge is -2.21. The second-order valence-corrected chi connectivity index (χ2v) is 8.02. The van der Waals surface area contributed by atoms with Crippen LogP contribution in [0.2, 0.25) is 0 Å².